The van der Waals surface area contributed by atoms with Crippen molar-refractivity contribution in [2.45, 2.75) is 32.3 Å². The number of amides is 1. The topological polar surface area (TPSA) is 43.8 Å². The number of carbonyl (C=O) groups is 1. The summed E-state index contributed by atoms with van der Waals surface area (Å²) >= 11 is 0. The Labute approximate surface area is 121 Å². The van der Waals surface area contributed by atoms with Gasteiger partial charge in [0.25, 0.3) is 0 Å². The predicted octanol–water partition coefficient (Wildman–Crippen LogP) is 1.67. The summed E-state index contributed by atoms with van der Waals surface area (Å²) in [4.78, 5) is 16.2. The molecule has 1 heterocycles. The van der Waals surface area contributed by atoms with Crippen LogP contribution in [-0.2, 0) is 11.2 Å². The van der Waals surface area contributed by atoms with Crippen LogP contribution >= 0.6 is 0 Å². The average molecular weight is 276 g/mol. The molecular weight excluding hydrogens is 252 g/mol. The van der Waals surface area contributed by atoms with Crippen LogP contribution in [0.2, 0.25) is 0 Å². The number of fused-ring (bicyclic) bond motifs is 1. The van der Waals surface area contributed by atoms with E-state index in [0.29, 0.717) is 19.5 Å². The SMILES string of the molecule is CN(CCC(=O)N1CCc2ccccc21)CC(C)(C)O. The van der Waals surface area contributed by atoms with Gasteiger partial charge in [-0.2, -0.15) is 0 Å². The fourth-order valence-corrected chi connectivity index (χ4v) is 2.76. The normalized spacial score (nSPS) is 14.8. The summed E-state index contributed by atoms with van der Waals surface area (Å²) in [5.74, 6) is 0.164. The molecule has 4 nitrogen and oxygen atoms in total. The molecule has 2 rings (SSSR count). The third kappa shape index (κ3) is 3.81. The summed E-state index contributed by atoms with van der Waals surface area (Å²) in [5, 5.41) is 9.76. The average Bonchev–Trinajstić information content (AvgIpc) is 2.78. The lowest BCUT2D eigenvalue weighted by molar-refractivity contribution is -0.119. The van der Waals surface area contributed by atoms with Crippen molar-refractivity contribution < 1.29 is 9.90 Å². The lowest BCUT2D eigenvalue weighted by Gasteiger charge is -2.26. The highest BCUT2D eigenvalue weighted by atomic mass is 16.3. The maximum Gasteiger partial charge on any atom is 0.228 e. The molecule has 0 aliphatic carbocycles. The van der Waals surface area contributed by atoms with Gasteiger partial charge in [0.2, 0.25) is 5.91 Å². The Kier molecular flexibility index (Phi) is 4.45. The van der Waals surface area contributed by atoms with Gasteiger partial charge < -0.3 is 14.9 Å². The van der Waals surface area contributed by atoms with E-state index in [1.165, 1.54) is 5.56 Å². The highest BCUT2D eigenvalue weighted by molar-refractivity contribution is 5.95. The molecule has 1 N–H and O–H groups in total. The molecule has 4 heteroatoms. The van der Waals surface area contributed by atoms with Crippen LogP contribution in [0.3, 0.4) is 0 Å². The first-order chi connectivity index (χ1) is 9.37. The third-order valence-electron chi connectivity index (χ3n) is 3.55. The van der Waals surface area contributed by atoms with Crippen molar-refractivity contribution in [3.63, 3.8) is 0 Å². The molecule has 0 atom stereocenters. The maximum absolute atomic E-state index is 12.3. The first kappa shape index (κ1) is 15.0. The molecule has 0 fully saturated rings. The van der Waals surface area contributed by atoms with Crippen LogP contribution in [0, 0.1) is 0 Å². The van der Waals surface area contributed by atoms with Gasteiger partial charge in [-0.25, -0.2) is 0 Å². The number of para-hydroxylation sites is 1. The zero-order valence-corrected chi connectivity index (χ0v) is 12.6. The van der Waals surface area contributed by atoms with E-state index >= 15 is 0 Å². The third-order valence-corrected chi connectivity index (χ3v) is 3.55. The van der Waals surface area contributed by atoms with Crippen molar-refractivity contribution in [3.05, 3.63) is 29.8 Å². The van der Waals surface area contributed by atoms with Crippen molar-refractivity contribution in [2.24, 2.45) is 0 Å². The Bertz CT molecular complexity index is 480. The quantitative estimate of drug-likeness (QED) is 0.889. The summed E-state index contributed by atoms with van der Waals surface area (Å²) in [7, 11) is 1.93. The number of aliphatic hydroxyl groups is 1. The summed E-state index contributed by atoms with van der Waals surface area (Å²) in [6, 6.07) is 8.10. The molecule has 0 radical (unpaired) electrons. The highest BCUT2D eigenvalue weighted by Gasteiger charge is 2.24. The van der Waals surface area contributed by atoms with Crippen molar-refractivity contribution in [1.29, 1.82) is 0 Å². The molecule has 1 aliphatic rings. The van der Waals surface area contributed by atoms with Gasteiger partial charge in [0.1, 0.15) is 0 Å². The molecule has 0 saturated carbocycles. The molecule has 0 aromatic heterocycles. The smallest absolute Gasteiger partial charge is 0.228 e. The van der Waals surface area contributed by atoms with Gasteiger partial charge in [0.05, 0.1) is 5.60 Å². The van der Waals surface area contributed by atoms with E-state index in [-0.39, 0.29) is 5.91 Å². The van der Waals surface area contributed by atoms with Gasteiger partial charge in [0.15, 0.2) is 0 Å². The zero-order chi connectivity index (χ0) is 14.8. The van der Waals surface area contributed by atoms with E-state index in [9.17, 15) is 9.90 Å². The van der Waals surface area contributed by atoms with Gasteiger partial charge >= 0.3 is 0 Å². The Morgan fingerprint density at radius 1 is 1.40 bits per heavy atom. The van der Waals surface area contributed by atoms with E-state index < -0.39 is 5.60 Å². The first-order valence-corrected chi connectivity index (χ1v) is 7.16. The molecule has 20 heavy (non-hydrogen) atoms. The Morgan fingerprint density at radius 3 is 2.80 bits per heavy atom. The predicted molar refractivity (Wildman–Crippen MR) is 80.9 cm³/mol. The molecule has 110 valence electrons. The Morgan fingerprint density at radius 2 is 2.10 bits per heavy atom. The lowest BCUT2D eigenvalue weighted by Crippen LogP contribution is -2.38. The number of carbonyl (C=O) groups excluding carboxylic acids is 1. The molecule has 0 bridgehead atoms. The number of rotatable bonds is 5. The van der Waals surface area contributed by atoms with Crippen LogP contribution in [0.15, 0.2) is 24.3 Å². The summed E-state index contributed by atoms with van der Waals surface area (Å²) in [5.41, 5.74) is 1.59. The van der Waals surface area contributed by atoms with E-state index in [1.807, 2.05) is 35.0 Å². The van der Waals surface area contributed by atoms with Gasteiger partial charge in [-0.1, -0.05) is 18.2 Å². The highest BCUT2D eigenvalue weighted by Crippen LogP contribution is 2.27. The van der Waals surface area contributed by atoms with Crippen LogP contribution in [0.1, 0.15) is 25.8 Å². The summed E-state index contributed by atoms with van der Waals surface area (Å²) in [6.07, 6.45) is 1.43. The van der Waals surface area contributed by atoms with E-state index in [1.54, 1.807) is 13.8 Å². The van der Waals surface area contributed by atoms with Gasteiger partial charge in [-0.15, -0.1) is 0 Å². The lowest BCUT2D eigenvalue weighted by atomic mass is 10.1. The first-order valence-electron chi connectivity index (χ1n) is 7.16. The van der Waals surface area contributed by atoms with Gasteiger partial charge in [-0.05, 0) is 38.9 Å². The number of likely N-dealkylation sites (N-methyl/N-ethyl adjacent to an activating group) is 1. The van der Waals surface area contributed by atoms with Crippen LogP contribution in [0.5, 0.6) is 0 Å². The van der Waals surface area contributed by atoms with E-state index in [0.717, 1.165) is 18.7 Å². The van der Waals surface area contributed by atoms with Crippen LogP contribution in [-0.4, -0.2) is 48.2 Å². The Balaban J connectivity index is 1.88. The van der Waals surface area contributed by atoms with Crippen molar-refractivity contribution in [3.8, 4) is 0 Å². The minimum absolute atomic E-state index is 0.164. The van der Waals surface area contributed by atoms with E-state index in [4.69, 9.17) is 0 Å². The minimum atomic E-state index is -0.724. The second-order valence-electron chi connectivity index (χ2n) is 6.22. The van der Waals surface area contributed by atoms with Crippen LogP contribution in [0.4, 0.5) is 5.69 Å². The zero-order valence-electron chi connectivity index (χ0n) is 12.6. The van der Waals surface area contributed by atoms with Gasteiger partial charge in [0, 0.05) is 31.7 Å². The van der Waals surface area contributed by atoms with E-state index in [2.05, 4.69) is 6.07 Å². The van der Waals surface area contributed by atoms with Crippen LogP contribution in [0.25, 0.3) is 0 Å². The number of benzene rings is 1. The van der Waals surface area contributed by atoms with Crippen LogP contribution < -0.4 is 4.90 Å². The Hall–Kier alpha value is -1.39. The van der Waals surface area contributed by atoms with Crippen molar-refractivity contribution >= 4 is 11.6 Å². The summed E-state index contributed by atoms with van der Waals surface area (Å²) < 4.78 is 0. The van der Waals surface area contributed by atoms with Crippen molar-refractivity contribution in [2.75, 3.05) is 31.6 Å². The van der Waals surface area contributed by atoms with Crippen molar-refractivity contribution in [1.82, 2.24) is 4.90 Å². The number of hydrogen-bond donors (Lipinski definition) is 1. The molecule has 1 amide bonds. The molecule has 0 saturated heterocycles. The number of nitrogens with zero attached hydrogens (tertiary/aromatic N) is 2. The molecular formula is C16H24N2O2. The molecule has 1 aromatic rings. The standard InChI is InChI=1S/C16H24N2O2/c1-16(2,20)12-17(3)10-9-15(19)18-11-8-13-6-4-5-7-14(13)18/h4-7,20H,8-12H2,1-3H3. The molecule has 0 spiro atoms. The molecule has 0 unspecified atom stereocenters. The fraction of sp³-hybridized carbons (Fsp3) is 0.562. The molecule has 1 aliphatic heterocycles. The van der Waals surface area contributed by atoms with Gasteiger partial charge in [-0.3, -0.25) is 4.79 Å². The second-order valence-corrected chi connectivity index (χ2v) is 6.22. The monoisotopic (exact) mass is 276 g/mol. The largest absolute Gasteiger partial charge is 0.389 e. The fourth-order valence-electron chi connectivity index (χ4n) is 2.76. The number of anilines is 1. The summed E-state index contributed by atoms with van der Waals surface area (Å²) in [6.45, 7) is 5.58. The number of hydrogen-bond acceptors (Lipinski definition) is 3. The maximum atomic E-state index is 12.3. The molecule has 1 aromatic carbocycles. The second kappa shape index (κ2) is 5.94. The minimum Gasteiger partial charge on any atom is -0.389 e.